The van der Waals surface area contributed by atoms with Crippen LogP contribution in [0.2, 0.25) is 0 Å². The van der Waals surface area contributed by atoms with E-state index in [4.69, 9.17) is 0 Å². The Morgan fingerprint density at radius 2 is 2.13 bits per heavy atom. The van der Waals surface area contributed by atoms with Gasteiger partial charge < -0.3 is 10.6 Å². The van der Waals surface area contributed by atoms with Gasteiger partial charge >= 0.3 is 0 Å². The first-order valence-corrected chi connectivity index (χ1v) is 5.31. The highest BCUT2D eigenvalue weighted by atomic mass is 15.2. The second-order valence-electron chi connectivity index (χ2n) is 4.86. The lowest BCUT2D eigenvalue weighted by Crippen LogP contribution is -2.12. The molecule has 4 heteroatoms. The van der Waals surface area contributed by atoms with E-state index in [0.717, 1.165) is 11.4 Å². The van der Waals surface area contributed by atoms with Crippen molar-refractivity contribution in [3.05, 3.63) is 11.8 Å². The van der Waals surface area contributed by atoms with E-state index >= 15 is 0 Å². The minimum Gasteiger partial charge on any atom is -0.366 e. The molecular weight excluding hydrogens is 188 g/mol. The number of aromatic nitrogens is 2. The molecule has 1 aliphatic rings. The molecule has 82 valence electrons. The van der Waals surface area contributed by atoms with E-state index in [9.17, 15) is 0 Å². The Bertz CT molecular complexity index is 373. The van der Waals surface area contributed by atoms with Gasteiger partial charge in [0.05, 0.1) is 0 Å². The summed E-state index contributed by atoms with van der Waals surface area (Å²) in [6.45, 7) is 6.55. The third kappa shape index (κ3) is 2.03. The van der Waals surface area contributed by atoms with E-state index in [1.165, 1.54) is 6.42 Å². The average molecular weight is 206 g/mol. The fraction of sp³-hybridized carbons (Fsp3) is 0.636. The molecule has 0 bridgehead atoms. The highest BCUT2D eigenvalue weighted by Crippen LogP contribution is 2.46. The zero-order valence-corrected chi connectivity index (χ0v) is 9.76. The Labute approximate surface area is 90.5 Å². The number of hydrogen-bond acceptors (Lipinski definition) is 4. The van der Waals surface area contributed by atoms with Crippen LogP contribution in [0.5, 0.6) is 0 Å². The van der Waals surface area contributed by atoms with Gasteiger partial charge in [-0.3, -0.25) is 0 Å². The van der Waals surface area contributed by atoms with Crippen LogP contribution in [0, 0.1) is 12.3 Å². The molecular formula is C11H18N4. The average Bonchev–Trinajstić information content (AvgIpc) is 2.78. The topological polar surface area (TPSA) is 49.8 Å². The normalized spacial score (nSPS) is 22.3. The maximum Gasteiger partial charge on any atom is 0.224 e. The van der Waals surface area contributed by atoms with Crippen molar-refractivity contribution in [2.75, 3.05) is 17.7 Å². The van der Waals surface area contributed by atoms with Crippen molar-refractivity contribution in [3.8, 4) is 0 Å². The zero-order valence-electron chi connectivity index (χ0n) is 9.76. The molecule has 2 rings (SSSR count). The van der Waals surface area contributed by atoms with E-state index < -0.39 is 0 Å². The number of nitrogens with zero attached hydrogens (tertiary/aromatic N) is 2. The van der Waals surface area contributed by atoms with Crippen LogP contribution >= 0.6 is 0 Å². The van der Waals surface area contributed by atoms with E-state index in [2.05, 4.69) is 34.4 Å². The van der Waals surface area contributed by atoms with Crippen molar-refractivity contribution in [2.45, 2.75) is 33.2 Å². The van der Waals surface area contributed by atoms with Gasteiger partial charge in [0.2, 0.25) is 5.95 Å². The molecule has 0 radical (unpaired) electrons. The van der Waals surface area contributed by atoms with E-state index in [0.29, 0.717) is 17.4 Å². The molecule has 0 amide bonds. The molecule has 1 saturated carbocycles. The quantitative estimate of drug-likeness (QED) is 0.794. The van der Waals surface area contributed by atoms with Crippen LogP contribution < -0.4 is 10.6 Å². The molecule has 1 heterocycles. The van der Waals surface area contributed by atoms with Crippen LogP contribution in [0.3, 0.4) is 0 Å². The third-order valence-electron chi connectivity index (χ3n) is 3.02. The van der Waals surface area contributed by atoms with E-state index in [1.807, 2.05) is 20.2 Å². The van der Waals surface area contributed by atoms with Crippen molar-refractivity contribution in [1.82, 2.24) is 9.97 Å². The van der Waals surface area contributed by atoms with E-state index in [-0.39, 0.29) is 0 Å². The van der Waals surface area contributed by atoms with Gasteiger partial charge in [0.25, 0.3) is 0 Å². The Kier molecular flexibility index (Phi) is 2.29. The van der Waals surface area contributed by atoms with Crippen molar-refractivity contribution >= 4 is 11.8 Å². The summed E-state index contributed by atoms with van der Waals surface area (Å²) in [5, 5.41) is 6.40. The van der Waals surface area contributed by atoms with Crippen molar-refractivity contribution in [1.29, 1.82) is 0 Å². The summed E-state index contributed by atoms with van der Waals surface area (Å²) in [5.41, 5.74) is 1.51. The van der Waals surface area contributed by atoms with Gasteiger partial charge in [0.1, 0.15) is 5.82 Å². The second kappa shape index (κ2) is 3.36. The maximum absolute atomic E-state index is 4.40. The molecule has 1 aromatic heterocycles. The summed E-state index contributed by atoms with van der Waals surface area (Å²) in [5.74, 6) is 1.62. The Balaban J connectivity index is 2.14. The highest BCUT2D eigenvalue weighted by Gasteiger charge is 2.46. The first kappa shape index (κ1) is 10.2. The molecule has 1 aromatic rings. The summed E-state index contributed by atoms with van der Waals surface area (Å²) < 4.78 is 0. The lowest BCUT2D eigenvalue weighted by Gasteiger charge is -2.10. The number of anilines is 2. The molecule has 0 aromatic carbocycles. The summed E-state index contributed by atoms with van der Waals surface area (Å²) >= 11 is 0. The summed E-state index contributed by atoms with van der Waals surface area (Å²) in [7, 11) is 1.83. The lowest BCUT2D eigenvalue weighted by atomic mass is 10.2. The van der Waals surface area contributed by atoms with Gasteiger partial charge in [-0.05, 0) is 18.8 Å². The predicted molar refractivity (Wildman–Crippen MR) is 62.1 cm³/mol. The molecule has 2 N–H and O–H groups in total. The van der Waals surface area contributed by atoms with Crippen LogP contribution in [0.1, 0.15) is 25.8 Å². The fourth-order valence-electron chi connectivity index (χ4n) is 1.59. The largest absolute Gasteiger partial charge is 0.366 e. The SMILES string of the molecule is CNc1ncc(C)c(NC2CC2(C)C)n1. The van der Waals surface area contributed by atoms with Crippen LogP contribution in [-0.2, 0) is 0 Å². The van der Waals surface area contributed by atoms with Gasteiger partial charge in [-0.2, -0.15) is 4.98 Å². The maximum atomic E-state index is 4.40. The van der Waals surface area contributed by atoms with Crippen molar-refractivity contribution in [3.63, 3.8) is 0 Å². The second-order valence-corrected chi connectivity index (χ2v) is 4.86. The van der Waals surface area contributed by atoms with Gasteiger partial charge in [-0.25, -0.2) is 4.98 Å². The van der Waals surface area contributed by atoms with Crippen LogP contribution in [-0.4, -0.2) is 23.1 Å². The Hall–Kier alpha value is -1.32. The van der Waals surface area contributed by atoms with Gasteiger partial charge in [0.15, 0.2) is 0 Å². The van der Waals surface area contributed by atoms with Crippen LogP contribution in [0.15, 0.2) is 6.20 Å². The molecule has 1 aliphatic carbocycles. The standard InChI is InChI=1S/C11H18N4/c1-7-6-13-10(12-4)15-9(7)14-8-5-11(8,2)3/h6,8H,5H2,1-4H3,(H2,12,13,14,15). The first-order valence-electron chi connectivity index (χ1n) is 5.31. The van der Waals surface area contributed by atoms with Crippen molar-refractivity contribution in [2.24, 2.45) is 5.41 Å². The zero-order chi connectivity index (χ0) is 11.1. The molecule has 1 fully saturated rings. The minimum atomic E-state index is 0.414. The van der Waals surface area contributed by atoms with Crippen LogP contribution in [0.25, 0.3) is 0 Å². The Morgan fingerprint density at radius 1 is 1.47 bits per heavy atom. The molecule has 15 heavy (non-hydrogen) atoms. The molecule has 1 unspecified atom stereocenters. The van der Waals surface area contributed by atoms with Crippen LogP contribution in [0.4, 0.5) is 11.8 Å². The number of nitrogens with one attached hydrogen (secondary N) is 2. The highest BCUT2D eigenvalue weighted by molar-refractivity contribution is 5.48. The molecule has 0 saturated heterocycles. The van der Waals surface area contributed by atoms with E-state index in [1.54, 1.807) is 0 Å². The number of rotatable bonds is 3. The minimum absolute atomic E-state index is 0.414. The third-order valence-corrected chi connectivity index (χ3v) is 3.02. The van der Waals surface area contributed by atoms with Gasteiger partial charge in [-0.15, -0.1) is 0 Å². The van der Waals surface area contributed by atoms with Gasteiger partial charge in [-0.1, -0.05) is 13.8 Å². The molecule has 0 aliphatic heterocycles. The summed E-state index contributed by atoms with van der Waals surface area (Å²) in [6, 6.07) is 0.552. The monoisotopic (exact) mass is 206 g/mol. The molecule has 1 atom stereocenters. The van der Waals surface area contributed by atoms with Gasteiger partial charge in [0, 0.05) is 24.8 Å². The number of hydrogen-bond donors (Lipinski definition) is 2. The molecule has 0 spiro atoms. The van der Waals surface area contributed by atoms with Crippen molar-refractivity contribution < 1.29 is 0 Å². The molecule has 4 nitrogen and oxygen atoms in total. The first-order chi connectivity index (χ1) is 7.03. The smallest absolute Gasteiger partial charge is 0.224 e. The predicted octanol–water partition coefficient (Wildman–Crippen LogP) is 2.04. The summed E-state index contributed by atoms with van der Waals surface area (Å²) in [4.78, 5) is 8.56. The number of aryl methyl sites for hydroxylation is 1. The fourth-order valence-corrected chi connectivity index (χ4v) is 1.59. The summed E-state index contributed by atoms with van der Waals surface area (Å²) in [6.07, 6.45) is 3.06. The lowest BCUT2D eigenvalue weighted by molar-refractivity contribution is 0.629. The Morgan fingerprint density at radius 3 is 2.67 bits per heavy atom.